The minimum atomic E-state index is -1.50. The van der Waals surface area contributed by atoms with E-state index in [0.29, 0.717) is 0 Å². The topological polar surface area (TPSA) is 58.2 Å². The zero-order valence-corrected chi connectivity index (χ0v) is 12.5. The molecule has 0 amide bonds. The predicted octanol–water partition coefficient (Wildman–Crippen LogP) is 1.51. The minimum absolute atomic E-state index is 0.849. The first-order valence-electron chi connectivity index (χ1n) is 6.79. The molecule has 1 atom stereocenters. The molecule has 0 saturated carbocycles. The van der Waals surface area contributed by atoms with Crippen LogP contribution in [0.25, 0.3) is 0 Å². The smallest absolute Gasteiger partial charge is 0.251 e. The van der Waals surface area contributed by atoms with Gasteiger partial charge < -0.3 is 14.6 Å². The zero-order chi connectivity index (χ0) is 14.7. The van der Waals surface area contributed by atoms with Crippen LogP contribution in [0.4, 0.5) is 4.79 Å². The quantitative estimate of drug-likeness (QED) is 0.581. The molecule has 1 unspecified atom stereocenters. The van der Waals surface area contributed by atoms with Crippen molar-refractivity contribution < 1.29 is 19.2 Å². The lowest BCUT2D eigenvalue weighted by atomic mass is 9.99. The molecule has 0 aliphatic rings. The molecule has 0 bridgehead atoms. The van der Waals surface area contributed by atoms with E-state index < -0.39 is 6.16 Å². The van der Waals surface area contributed by atoms with Gasteiger partial charge in [0, 0.05) is 7.11 Å². The molecule has 0 aliphatic carbocycles. The Balaban J connectivity index is 0.000000555. The zero-order valence-electron chi connectivity index (χ0n) is 12.5. The molecule has 1 aromatic heterocycles. The van der Waals surface area contributed by atoms with Crippen molar-refractivity contribution in [1.29, 1.82) is 0 Å². The molecule has 5 nitrogen and oxygen atoms in total. The van der Waals surface area contributed by atoms with Crippen LogP contribution in [0, 0.1) is 5.92 Å². The molecule has 1 rings (SSSR count). The van der Waals surface area contributed by atoms with Crippen molar-refractivity contribution in [2.45, 2.75) is 46.1 Å². The van der Waals surface area contributed by atoms with E-state index in [0.717, 1.165) is 13.0 Å². The van der Waals surface area contributed by atoms with Crippen LogP contribution in [0.15, 0.2) is 18.7 Å². The number of carboxylic acid groups (broad SMARTS) is 1. The van der Waals surface area contributed by atoms with E-state index in [1.54, 1.807) is 0 Å². The highest BCUT2D eigenvalue weighted by molar-refractivity contribution is 5.53. The van der Waals surface area contributed by atoms with Crippen molar-refractivity contribution in [3.05, 3.63) is 18.7 Å². The second-order valence-corrected chi connectivity index (χ2v) is 4.65. The molecule has 110 valence electrons. The third-order valence-electron chi connectivity index (χ3n) is 3.00. The number of carbonyl (C=O) groups excluding carboxylic acids is 1. The van der Waals surface area contributed by atoms with Gasteiger partial charge in [-0.1, -0.05) is 26.7 Å². The van der Waals surface area contributed by atoms with Crippen LogP contribution in [-0.2, 0) is 18.3 Å². The average molecular weight is 270 g/mol. The Morgan fingerprint density at radius 2 is 2.11 bits per heavy atom. The minimum Gasteiger partial charge on any atom is -0.553 e. The summed E-state index contributed by atoms with van der Waals surface area (Å²) in [7, 11) is 3.11. The number of imidazole rings is 1. The number of methoxy groups -OCH3 is 1. The molecular formula is C14H26N2O3. The van der Waals surface area contributed by atoms with E-state index in [2.05, 4.69) is 53.5 Å². The molecular weight excluding hydrogens is 244 g/mol. The molecule has 0 aromatic carbocycles. The van der Waals surface area contributed by atoms with E-state index in [-0.39, 0.29) is 0 Å². The van der Waals surface area contributed by atoms with Gasteiger partial charge in [-0.05, 0) is 18.8 Å². The molecule has 1 heterocycles. The normalized spacial score (nSPS) is 11.4. The molecule has 1 aromatic rings. The third-order valence-corrected chi connectivity index (χ3v) is 3.00. The summed E-state index contributed by atoms with van der Waals surface area (Å²) in [6, 6.07) is 0. The first kappa shape index (κ1) is 17.5. The summed E-state index contributed by atoms with van der Waals surface area (Å²) >= 11 is 0. The lowest BCUT2D eigenvalue weighted by Crippen LogP contribution is -2.24. The van der Waals surface area contributed by atoms with Crippen LogP contribution in [0.5, 0.6) is 0 Å². The van der Waals surface area contributed by atoms with Crippen LogP contribution in [0.3, 0.4) is 0 Å². The second kappa shape index (κ2) is 10.4. The first-order chi connectivity index (χ1) is 9.03. The molecule has 0 radical (unpaired) electrons. The van der Waals surface area contributed by atoms with Gasteiger partial charge in [0.25, 0.3) is 6.16 Å². The number of hydrogen-bond donors (Lipinski definition) is 0. The lowest BCUT2D eigenvalue weighted by Gasteiger charge is -2.11. The Labute approximate surface area is 115 Å². The van der Waals surface area contributed by atoms with E-state index >= 15 is 0 Å². The van der Waals surface area contributed by atoms with Gasteiger partial charge in [-0.15, -0.1) is 0 Å². The fourth-order valence-corrected chi connectivity index (χ4v) is 1.83. The van der Waals surface area contributed by atoms with Gasteiger partial charge in [0.1, 0.15) is 12.4 Å². The fraction of sp³-hybridized carbons (Fsp3) is 0.714. The molecule has 0 fully saturated rings. The molecule has 19 heavy (non-hydrogen) atoms. The number of carbonyl (C=O) groups is 1. The summed E-state index contributed by atoms with van der Waals surface area (Å²) in [5.41, 5.74) is 0. The summed E-state index contributed by atoms with van der Waals surface area (Å²) in [6.45, 7) is 5.74. The number of ether oxygens (including phenoxy) is 1. The van der Waals surface area contributed by atoms with Gasteiger partial charge in [0.2, 0.25) is 6.33 Å². The highest BCUT2D eigenvalue weighted by Crippen LogP contribution is 2.14. The maximum atomic E-state index is 9.03. The number of aryl methyl sites for hydroxylation is 1. The van der Waals surface area contributed by atoms with Gasteiger partial charge in [-0.3, -0.25) is 0 Å². The highest BCUT2D eigenvalue weighted by atomic mass is 16.6. The van der Waals surface area contributed by atoms with E-state index in [9.17, 15) is 0 Å². The van der Waals surface area contributed by atoms with Crippen molar-refractivity contribution in [3.8, 4) is 0 Å². The van der Waals surface area contributed by atoms with Gasteiger partial charge >= 0.3 is 0 Å². The number of unbranched alkanes of at least 4 members (excludes halogenated alkanes) is 1. The summed E-state index contributed by atoms with van der Waals surface area (Å²) in [5.74, 6) is 0.849. The third kappa shape index (κ3) is 9.11. The van der Waals surface area contributed by atoms with Crippen LogP contribution in [-0.4, -0.2) is 17.8 Å². The van der Waals surface area contributed by atoms with Crippen LogP contribution < -0.4 is 9.67 Å². The number of nitrogens with zero attached hydrogens (tertiary/aromatic N) is 2. The monoisotopic (exact) mass is 270 g/mol. The largest absolute Gasteiger partial charge is 0.553 e. The van der Waals surface area contributed by atoms with Crippen molar-refractivity contribution in [1.82, 2.24) is 4.57 Å². The van der Waals surface area contributed by atoms with Crippen LogP contribution >= 0.6 is 0 Å². The Hall–Kier alpha value is -1.52. The molecule has 0 saturated heterocycles. The van der Waals surface area contributed by atoms with Crippen molar-refractivity contribution in [2.75, 3.05) is 7.11 Å². The summed E-state index contributed by atoms with van der Waals surface area (Å²) in [5, 5.41) is 9.03. The van der Waals surface area contributed by atoms with Gasteiger partial charge in [0.15, 0.2) is 0 Å². The standard InChI is InChI=1S/C12H23N2.C2H4O3/c1-4-6-7-12(5-2)10-14-9-8-13(3)11-14;1-5-2(3)4/h8-9,11-12H,4-7,10H2,1-3H3;1H3,(H,3,4)/q+1;/p-1. The summed E-state index contributed by atoms with van der Waals surface area (Å²) in [4.78, 5) is 9.03. The van der Waals surface area contributed by atoms with E-state index in [4.69, 9.17) is 9.90 Å². The first-order valence-corrected chi connectivity index (χ1v) is 6.79. The Bertz CT molecular complexity index is 350. The van der Waals surface area contributed by atoms with Crippen molar-refractivity contribution in [3.63, 3.8) is 0 Å². The van der Waals surface area contributed by atoms with Gasteiger partial charge in [-0.25, -0.2) is 9.13 Å². The SMILES string of the molecule is CCCCC(CC)Cn1cc[n+](C)c1.COC(=O)[O-]. The predicted molar refractivity (Wildman–Crippen MR) is 71.3 cm³/mol. The highest BCUT2D eigenvalue weighted by Gasteiger charge is 2.10. The Kier molecular flexibility index (Phi) is 9.57. The van der Waals surface area contributed by atoms with Crippen molar-refractivity contribution >= 4 is 6.16 Å². The molecule has 0 aliphatic heterocycles. The number of aromatic nitrogens is 2. The van der Waals surface area contributed by atoms with Crippen molar-refractivity contribution in [2.24, 2.45) is 13.0 Å². The molecule has 0 N–H and O–H groups in total. The summed E-state index contributed by atoms with van der Waals surface area (Å²) in [6.07, 6.45) is 10.3. The maximum absolute atomic E-state index is 9.03. The number of rotatable bonds is 6. The fourth-order valence-electron chi connectivity index (χ4n) is 1.83. The average Bonchev–Trinajstić information content (AvgIpc) is 2.80. The maximum Gasteiger partial charge on any atom is 0.251 e. The summed E-state index contributed by atoms with van der Waals surface area (Å²) < 4.78 is 7.95. The van der Waals surface area contributed by atoms with Crippen LogP contribution in [0.1, 0.15) is 39.5 Å². The van der Waals surface area contributed by atoms with E-state index in [1.165, 1.54) is 32.2 Å². The second-order valence-electron chi connectivity index (χ2n) is 4.65. The molecule has 0 spiro atoms. The number of hydrogen-bond acceptors (Lipinski definition) is 3. The van der Waals surface area contributed by atoms with Gasteiger partial charge in [-0.2, -0.15) is 0 Å². The van der Waals surface area contributed by atoms with Crippen LogP contribution in [0.2, 0.25) is 0 Å². The van der Waals surface area contributed by atoms with Gasteiger partial charge in [0.05, 0.1) is 13.6 Å². The van der Waals surface area contributed by atoms with E-state index in [1.807, 2.05) is 0 Å². The Morgan fingerprint density at radius 3 is 2.47 bits per heavy atom. The molecule has 5 heteroatoms. The lowest BCUT2D eigenvalue weighted by molar-refractivity contribution is -0.671. The Morgan fingerprint density at radius 1 is 1.47 bits per heavy atom.